The molecule has 3 heteroatoms. The van der Waals surface area contributed by atoms with Crippen LogP contribution in [0.5, 0.6) is 0 Å². The van der Waals surface area contributed by atoms with Gasteiger partial charge in [-0.15, -0.1) is 12.4 Å². The molecule has 0 amide bonds. The lowest BCUT2D eigenvalue weighted by molar-refractivity contribution is 0.115. The van der Waals surface area contributed by atoms with Crippen LogP contribution in [0.4, 0.5) is 0 Å². The number of aliphatic hydroxyl groups excluding tert-OH is 1. The molecule has 0 aromatic carbocycles. The molecule has 3 fully saturated rings. The van der Waals surface area contributed by atoms with Gasteiger partial charge in [-0.1, -0.05) is 0 Å². The Hall–Kier alpha value is 0.210. The number of nitrogens with one attached hydrogen (secondary N) is 1. The van der Waals surface area contributed by atoms with Gasteiger partial charge < -0.3 is 10.4 Å². The van der Waals surface area contributed by atoms with Gasteiger partial charge in [0.1, 0.15) is 0 Å². The molecule has 2 bridgehead atoms. The van der Waals surface area contributed by atoms with Gasteiger partial charge in [-0.25, -0.2) is 0 Å². The van der Waals surface area contributed by atoms with Crippen LogP contribution in [0.15, 0.2) is 0 Å². The molecule has 1 aliphatic carbocycles. The maximum atomic E-state index is 8.92. The van der Waals surface area contributed by atoms with Gasteiger partial charge in [0.05, 0.1) is 6.61 Å². The molecule has 1 saturated carbocycles. The van der Waals surface area contributed by atoms with Crippen molar-refractivity contribution in [3.05, 3.63) is 0 Å². The van der Waals surface area contributed by atoms with Crippen LogP contribution in [0.1, 0.15) is 19.8 Å². The highest BCUT2D eigenvalue weighted by atomic mass is 35.5. The molecule has 3 aliphatic rings. The second-order valence-corrected chi connectivity index (χ2v) is 3.54. The van der Waals surface area contributed by atoms with Gasteiger partial charge in [0.2, 0.25) is 0 Å². The number of aliphatic hydroxyl groups is 1. The normalized spacial score (nSPS) is 49.8. The molecule has 10 heavy (non-hydrogen) atoms. The van der Waals surface area contributed by atoms with Crippen molar-refractivity contribution in [2.24, 2.45) is 5.92 Å². The van der Waals surface area contributed by atoms with Crippen LogP contribution in [0, 0.1) is 5.92 Å². The van der Waals surface area contributed by atoms with E-state index in [9.17, 15) is 0 Å². The SMILES string of the molecule is CC1NC2(CO)CC1C2.Cl. The third-order valence-corrected chi connectivity index (χ3v) is 2.85. The summed E-state index contributed by atoms with van der Waals surface area (Å²) >= 11 is 0. The van der Waals surface area contributed by atoms with Gasteiger partial charge in [0, 0.05) is 11.6 Å². The Morgan fingerprint density at radius 1 is 1.60 bits per heavy atom. The quantitative estimate of drug-likeness (QED) is 0.592. The maximum absolute atomic E-state index is 8.92. The van der Waals surface area contributed by atoms with Crippen LogP contribution in [-0.2, 0) is 0 Å². The van der Waals surface area contributed by atoms with Crippen molar-refractivity contribution >= 4 is 12.4 Å². The molecule has 1 atom stereocenters. The Kier molecular flexibility index (Phi) is 1.96. The third-order valence-electron chi connectivity index (χ3n) is 2.85. The van der Waals surface area contributed by atoms with Crippen molar-refractivity contribution in [2.75, 3.05) is 6.61 Å². The predicted molar refractivity (Wildman–Crippen MR) is 42.4 cm³/mol. The molecule has 2 nitrogen and oxygen atoms in total. The van der Waals surface area contributed by atoms with Crippen molar-refractivity contribution in [2.45, 2.75) is 31.3 Å². The summed E-state index contributed by atoms with van der Waals surface area (Å²) in [5.74, 6) is 0.858. The first-order chi connectivity index (χ1) is 4.26. The average molecular weight is 164 g/mol. The zero-order valence-corrected chi connectivity index (χ0v) is 6.95. The van der Waals surface area contributed by atoms with E-state index >= 15 is 0 Å². The fourth-order valence-corrected chi connectivity index (χ4v) is 2.19. The summed E-state index contributed by atoms with van der Waals surface area (Å²) in [6.07, 6.45) is 2.40. The molecule has 0 aromatic rings. The number of hydrogen-bond donors (Lipinski definition) is 2. The van der Waals surface area contributed by atoms with Gasteiger partial charge in [0.25, 0.3) is 0 Å². The van der Waals surface area contributed by atoms with Crippen molar-refractivity contribution in [1.82, 2.24) is 5.32 Å². The first-order valence-corrected chi connectivity index (χ1v) is 3.64. The lowest BCUT2D eigenvalue weighted by Crippen LogP contribution is -2.46. The van der Waals surface area contributed by atoms with Gasteiger partial charge in [0.15, 0.2) is 0 Å². The summed E-state index contributed by atoms with van der Waals surface area (Å²) < 4.78 is 0. The monoisotopic (exact) mass is 163 g/mol. The molecule has 0 radical (unpaired) electrons. The minimum absolute atomic E-state index is 0. The first-order valence-electron chi connectivity index (χ1n) is 3.64. The second-order valence-electron chi connectivity index (χ2n) is 3.54. The summed E-state index contributed by atoms with van der Waals surface area (Å²) in [6.45, 7) is 2.53. The van der Waals surface area contributed by atoms with E-state index in [1.54, 1.807) is 0 Å². The number of fused-ring (bicyclic) bond motifs is 1. The van der Waals surface area contributed by atoms with Crippen molar-refractivity contribution in [1.29, 1.82) is 0 Å². The van der Waals surface area contributed by atoms with Gasteiger partial charge in [-0.2, -0.15) is 0 Å². The lowest BCUT2D eigenvalue weighted by Gasteiger charge is -2.35. The summed E-state index contributed by atoms with van der Waals surface area (Å²) in [5, 5.41) is 12.3. The highest BCUT2D eigenvalue weighted by Gasteiger charge is 2.53. The summed E-state index contributed by atoms with van der Waals surface area (Å²) in [7, 11) is 0. The standard InChI is InChI=1S/C7H13NO.ClH/c1-5-6-2-7(3-6,4-9)8-5;/h5-6,8-9H,2-4H2,1H3;1H. The Morgan fingerprint density at radius 3 is 2.40 bits per heavy atom. The fraction of sp³-hybridized carbons (Fsp3) is 1.00. The van der Waals surface area contributed by atoms with Gasteiger partial charge in [-0.3, -0.25) is 0 Å². The largest absolute Gasteiger partial charge is 0.394 e. The van der Waals surface area contributed by atoms with E-state index in [0.717, 1.165) is 5.92 Å². The molecule has 0 aromatic heterocycles. The summed E-state index contributed by atoms with van der Waals surface area (Å²) in [6, 6.07) is 0.650. The van der Waals surface area contributed by atoms with Crippen molar-refractivity contribution in [3.63, 3.8) is 0 Å². The Bertz CT molecular complexity index is 134. The zero-order valence-electron chi connectivity index (χ0n) is 6.13. The first kappa shape index (κ1) is 8.31. The molecule has 3 rings (SSSR count). The highest BCUT2D eigenvalue weighted by Crippen LogP contribution is 2.46. The Morgan fingerprint density at radius 2 is 2.20 bits per heavy atom. The second kappa shape index (κ2) is 2.36. The van der Waals surface area contributed by atoms with E-state index in [-0.39, 0.29) is 17.9 Å². The van der Waals surface area contributed by atoms with Crippen LogP contribution in [0.2, 0.25) is 0 Å². The van der Waals surface area contributed by atoms with E-state index < -0.39 is 0 Å². The average Bonchev–Trinajstić information content (AvgIpc) is 2.18. The number of halogens is 1. The van der Waals surface area contributed by atoms with E-state index in [4.69, 9.17) is 5.11 Å². The van der Waals surface area contributed by atoms with Gasteiger partial charge in [-0.05, 0) is 25.7 Å². The molecule has 2 heterocycles. The van der Waals surface area contributed by atoms with Crippen LogP contribution >= 0.6 is 12.4 Å². The summed E-state index contributed by atoms with van der Waals surface area (Å²) in [5.41, 5.74) is 0.157. The molecular formula is C7H14ClNO. The minimum Gasteiger partial charge on any atom is -0.394 e. The van der Waals surface area contributed by atoms with Gasteiger partial charge >= 0.3 is 0 Å². The van der Waals surface area contributed by atoms with Crippen LogP contribution < -0.4 is 5.32 Å². The molecule has 1 unspecified atom stereocenters. The summed E-state index contributed by atoms with van der Waals surface area (Å²) in [4.78, 5) is 0. The molecule has 2 N–H and O–H groups in total. The number of rotatable bonds is 1. The maximum Gasteiger partial charge on any atom is 0.0613 e. The number of hydrogen-bond acceptors (Lipinski definition) is 2. The molecule has 2 saturated heterocycles. The van der Waals surface area contributed by atoms with Crippen LogP contribution in [-0.4, -0.2) is 23.3 Å². The fourth-order valence-electron chi connectivity index (χ4n) is 2.19. The molecule has 2 aliphatic heterocycles. The van der Waals surface area contributed by atoms with Crippen LogP contribution in [0.3, 0.4) is 0 Å². The van der Waals surface area contributed by atoms with E-state index in [1.165, 1.54) is 12.8 Å². The lowest BCUT2D eigenvalue weighted by atomic mass is 9.73. The van der Waals surface area contributed by atoms with E-state index in [0.29, 0.717) is 12.6 Å². The highest BCUT2D eigenvalue weighted by molar-refractivity contribution is 5.85. The minimum atomic E-state index is 0. The zero-order chi connectivity index (χ0) is 6.48. The molecule has 0 spiro atoms. The Balaban J connectivity index is 0.000000500. The third kappa shape index (κ3) is 0.865. The van der Waals surface area contributed by atoms with E-state index in [1.807, 2.05) is 0 Å². The Labute approximate surface area is 67.4 Å². The molecular weight excluding hydrogens is 150 g/mol. The van der Waals surface area contributed by atoms with Crippen molar-refractivity contribution in [3.8, 4) is 0 Å². The molecule has 60 valence electrons. The topological polar surface area (TPSA) is 32.3 Å². The van der Waals surface area contributed by atoms with Crippen molar-refractivity contribution < 1.29 is 5.11 Å². The smallest absolute Gasteiger partial charge is 0.0613 e. The predicted octanol–water partition coefficient (Wildman–Crippen LogP) is 0.541. The van der Waals surface area contributed by atoms with E-state index in [2.05, 4.69) is 12.2 Å². The van der Waals surface area contributed by atoms with Crippen LogP contribution in [0.25, 0.3) is 0 Å².